The molecule has 8 nitrogen and oxygen atoms in total. The Labute approximate surface area is 191 Å². The number of hydrogen-bond acceptors (Lipinski definition) is 8. The smallest absolute Gasteiger partial charge is 0.329 e. The molecule has 1 N–H and O–H groups in total. The second-order valence-electron chi connectivity index (χ2n) is 6.60. The number of hydrogen-bond donors (Lipinski definition) is 1. The first-order chi connectivity index (χ1) is 15.5. The Bertz CT molecular complexity index is 904. The van der Waals surface area contributed by atoms with Crippen molar-refractivity contribution in [2.45, 2.75) is 12.5 Å². The number of carbonyl (C=O) groups is 3. The van der Waals surface area contributed by atoms with E-state index in [2.05, 4.69) is 5.32 Å². The summed E-state index contributed by atoms with van der Waals surface area (Å²) >= 11 is 1.53. The minimum atomic E-state index is -0.889. The Morgan fingerprint density at radius 3 is 2.38 bits per heavy atom. The first-order valence-electron chi connectivity index (χ1n) is 9.86. The van der Waals surface area contributed by atoms with Crippen LogP contribution in [-0.4, -0.2) is 63.1 Å². The van der Waals surface area contributed by atoms with Crippen LogP contribution in [0.4, 0.5) is 0 Å². The van der Waals surface area contributed by atoms with Crippen LogP contribution in [0.1, 0.15) is 16.8 Å². The Hall–Kier alpha value is -3.20. The summed E-state index contributed by atoms with van der Waals surface area (Å²) in [5.74, 6) is 0.446. The standard InChI is InChI=1S/C23H27NO7S/c1-28-17-9-10-18(21(13-17)29-2)20(25)14-31-23(27)19(11-12-32-3)24-22(26)15-30-16-7-5-4-6-8-16/h4-10,13,19H,11-12,14-15H2,1-3H3,(H,24,26)/t19-/m1/s1. The third-order valence-electron chi connectivity index (χ3n) is 4.40. The van der Waals surface area contributed by atoms with Crippen LogP contribution in [0.5, 0.6) is 17.2 Å². The highest BCUT2D eigenvalue weighted by Gasteiger charge is 2.24. The maximum Gasteiger partial charge on any atom is 0.329 e. The number of nitrogens with one attached hydrogen (secondary N) is 1. The predicted molar refractivity (Wildman–Crippen MR) is 122 cm³/mol. The summed E-state index contributed by atoms with van der Waals surface area (Å²) in [5.41, 5.74) is 0.266. The van der Waals surface area contributed by atoms with E-state index in [9.17, 15) is 14.4 Å². The number of ketones is 1. The van der Waals surface area contributed by atoms with Gasteiger partial charge in [-0.15, -0.1) is 0 Å². The van der Waals surface area contributed by atoms with Crippen molar-refractivity contribution in [2.24, 2.45) is 0 Å². The molecule has 0 aromatic heterocycles. The van der Waals surface area contributed by atoms with E-state index in [4.69, 9.17) is 18.9 Å². The van der Waals surface area contributed by atoms with Crippen LogP contribution in [-0.2, 0) is 14.3 Å². The van der Waals surface area contributed by atoms with E-state index in [1.807, 2.05) is 12.3 Å². The molecule has 0 saturated carbocycles. The lowest BCUT2D eigenvalue weighted by Crippen LogP contribution is -2.44. The van der Waals surface area contributed by atoms with E-state index in [0.717, 1.165) is 0 Å². The van der Waals surface area contributed by atoms with Gasteiger partial charge in [0.15, 0.2) is 13.2 Å². The number of Topliss-reactive ketones (excluding diaryl/α,β-unsaturated/α-hetero) is 1. The van der Waals surface area contributed by atoms with Crippen LogP contribution in [0.2, 0.25) is 0 Å². The lowest BCUT2D eigenvalue weighted by molar-refractivity contribution is -0.147. The minimum absolute atomic E-state index is 0.241. The van der Waals surface area contributed by atoms with E-state index >= 15 is 0 Å². The van der Waals surface area contributed by atoms with Crippen LogP contribution in [0.3, 0.4) is 0 Å². The summed E-state index contributed by atoms with van der Waals surface area (Å²) in [6, 6.07) is 12.7. The van der Waals surface area contributed by atoms with E-state index in [-0.39, 0.29) is 12.2 Å². The Morgan fingerprint density at radius 2 is 1.72 bits per heavy atom. The molecule has 0 fully saturated rings. The second-order valence-corrected chi connectivity index (χ2v) is 7.59. The van der Waals surface area contributed by atoms with Crippen molar-refractivity contribution in [1.29, 1.82) is 0 Å². The maximum absolute atomic E-state index is 12.6. The maximum atomic E-state index is 12.6. The third kappa shape index (κ3) is 7.81. The SMILES string of the molecule is COc1ccc(C(=O)COC(=O)[C@@H](CCSC)NC(=O)COc2ccccc2)c(OC)c1. The summed E-state index contributed by atoms with van der Waals surface area (Å²) in [4.78, 5) is 37.3. The zero-order chi connectivity index (χ0) is 23.3. The van der Waals surface area contributed by atoms with E-state index in [0.29, 0.717) is 29.4 Å². The highest BCUT2D eigenvalue weighted by atomic mass is 32.2. The zero-order valence-corrected chi connectivity index (χ0v) is 19.1. The summed E-state index contributed by atoms with van der Waals surface area (Å²) in [7, 11) is 2.94. The molecular formula is C23H27NO7S. The van der Waals surface area contributed by atoms with Crippen LogP contribution in [0.25, 0.3) is 0 Å². The van der Waals surface area contributed by atoms with Gasteiger partial charge in [0.05, 0.1) is 19.8 Å². The highest BCUT2D eigenvalue weighted by molar-refractivity contribution is 7.98. The highest BCUT2D eigenvalue weighted by Crippen LogP contribution is 2.25. The summed E-state index contributed by atoms with van der Waals surface area (Å²) in [6.45, 7) is -0.720. The topological polar surface area (TPSA) is 100 Å². The fraction of sp³-hybridized carbons (Fsp3) is 0.348. The number of methoxy groups -OCH3 is 2. The first kappa shape index (κ1) is 25.1. The molecule has 0 aliphatic carbocycles. The van der Waals surface area contributed by atoms with Gasteiger partial charge in [-0.1, -0.05) is 18.2 Å². The van der Waals surface area contributed by atoms with Crippen LogP contribution in [0, 0.1) is 0 Å². The molecule has 9 heteroatoms. The minimum Gasteiger partial charge on any atom is -0.497 e. The molecule has 0 saturated heterocycles. The van der Waals surface area contributed by atoms with Crippen LogP contribution in [0.15, 0.2) is 48.5 Å². The van der Waals surface area contributed by atoms with Crippen molar-refractivity contribution in [3.63, 3.8) is 0 Å². The Morgan fingerprint density at radius 1 is 0.969 bits per heavy atom. The number of benzene rings is 2. The van der Waals surface area contributed by atoms with Crippen molar-refractivity contribution in [1.82, 2.24) is 5.32 Å². The molecule has 0 bridgehead atoms. The van der Waals surface area contributed by atoms with E-state index in [1.54, 1.807) is 42.5 Å². The van der Waals surface area contributed by atoms with Crippen molar-refractivity contribution in [3.05, 3.63) is 54.1 Å². The third-order valence-corrected chi connectivity index (χ3v) is 5.04. The van der Waals surface area contributed by atoms with Crippen LogP contribution >= 0.6 is 11.8 Å². The molecular weight excluding hydrogens is 434 g/mol. The van der Waals surface area contributed by atoms with Gasteiger partial charge < -0.3 is 24.3 Å². The van der Waals surface area contributed by atoms with Crippen molar-refractivity contribution in [3.8, 4) is 17.2 Å². The molecule has 0 aliphatic rings. The summed E-state index contributed by atoms with van der Waals surface area (Å²) < 4.78 is 20.9. The Kier molecular flexibility index (Phi) is 10.4. The number of carbonyl (C=O) groups excluding carboxylic acids is 3. The fourth-order valence-electron chi connectivity index (χ4n) is 2.73. The lowest BCUT2D eigenvalue weighted by atomic mass is 10.1. The normalized spacial score (nSPS) is 11.2. The molecule has 2 aromatic carbocycles. The van der Waals surface area contributed by atoms with Gasteiger partial charge in [-0.05, 0) is 42.7 Å². The molecule has 2 rings (SSSR count). The lowest BCUT2D eigenvalue weighted by Gasteiger charge is -2.17. The van der Waals surface area contributed by atoms with Gasteiger partial charge in [0.2, 0.25) is 5.78 Å². The molecule has 172 valence electrons. The quantitative estimate of drug-likeness (QED) is 0.359. The van der Waals surface area contributed by atoms with Gasteiger partial charge in [-0.25, -0.2) is 4.79 Å². The molecule has 0 spiro atoms. The van der Waals surface area contributed by atoms with E-state index in [1.165, 1.54) is 26.0 Å². The number of rotatable bonds is 13. The largest absolute Gasteiger partial charge is 0.497 e. The number of esters is 1. The van der Waals surface area contributed by atoms with Crippen LogP contribution < -0.4 is 19.5 Å². The summed E-state index contributed by atoms with van der Waals surface area (Å²) in [6.07, 6.45) is 2.25. The number of amides is 1. The molecule has 0 heterocycles. The van der Waals surface area contributed by atoms with Crippen molar-refractivity contribution >= 4 is 29.4 Å². The average Bonchev–Trinajstić information content (AvgIpc) is 2.83. The zero-order valence-electron chi connectivity index (χ0n) is 18.3. The second kappa shape index (κ2) is 13.3. The molecule has 1 amide bonds. The number of thioether (sulfide) groups is 1. The average molecular weight is 462 g/mol. The van der Waals surface area contributed by atoms with Gasteiger partial charge in [0.25, 0.3) is 5.91 Å². The van der Waals surface area contributed by atoms with Gasteiger partial charge >= 0.3 is 5.97 Å². The van der Waals surface area contributed by atoms with E-state index < -0.39 is 30.3 Å². The molecule has 0 aliphatic heterocycles. The molecule has 1 atom stereocenters. The van der Waals surface area contributed by atoms with Crippen molar-refractivity contribution < 1.29 is 33.3 Å². The molecule has 32 heavy (non-hydrogen) atoms. The molecule has 0 radical (unpaired) electrons. The molecule has 0 unspecified atom stereocenters. The number of ether oxygens (including phenoxy) is 4. The first-order valence-corrected chi connectivity index (χ1v) is 11.3. The van der Waals surface area contributed by atoms with Crippen molar-refractivity contribution in [2.75, 3.05) is 39.4 Å². The van der Waals surface area contributed by atoms with Gasteiger partial charge in [-0.3, -0.25) is 9.59 Å². The summed E-state index contributed by atoms with van der Waals surface area (Å²) in [5, 5.41) is 2.62. The van der Waals surface area contributed by atoms with Gasteiger partial charge in [0.1, 0.15) is 23.3 Å². The van der Waals surface area contributed by atoms with Gasteiger partial charge in [-0.2, -0.15) is 11.8 Å². The Balaban J connectivity index is 1.93. The predicted octanol–water partition coefficient (Wildman–Crippen LogP) is 2.75. The molecule has 2 aromatic rings. The fourth-order valence-corrected chi connectivity index (χ4v) is 3.20. The van der Waals surface area contributed by atoms with Gasteiger partial charge in [0, 0.05) is 6.07 Å². The number of para-hydroxylation sites is 1. The monoisotopic (exact) mass is 461 g/mol.